The number of hydrogen-bond acceptors (Lipinski definition) is 7. The number of fused-ring (bicyclic) bond motifs is 3. The summed E-state index contributed by atoms with van der Waals surface area (Å²) in [7, 11) is 1.25. The zero-order valence-electron chi connectivity index (χ0n) is 13.2. The maximum absolute atomic E-state index is 12.4. The fourth-order valence-corrected chi connectivity index (χ4v) is 5.43. The highest BCUT2D eigenvalue weighted by atomic mass is 16.7. The molecule has 23 heavy (non-hydrogen) atoms. The normalized spacial score (nSPS) is 55.7. The van der Waals surface area contributed by atoms with E-state index >= 15 is 0 Å². The minimum absolute atomic E-state index is 0.130. The number of aliphatic hydroxyl groups excluding tert-OH is 1. The van der Waals surface area contributed by atoms with E-state index in [-0.39, 0.29) is 6.42 Å². The zero-order chi connectivity index (χ0) is 16.9. The molecule has 2 saturated carbocycles. The van der Waals surface area contributed by atoms with Gasteiger partial charge in [-0.2, -0.15) is 0 Å². The van der Waals surface area contributed by atoms with Crippen LogP contribution >= 0.6 is 0 Å². The molecule has 126 valence electrons. The summed E-state index contributed by atoms with van der Waals surface area (Å²) in [4.78, 5) is 24.7. The van der Waals surface area contributed by atoms with Gasteiger partial charge in [-0.3, -0.25) is 4.79 Å². The van der Waals surface area contributed by atoms with Gasteiger partial charge in [-0.15, -0.1) is 0 Å². The molecule has 0 amide bonds. The van der Waals surface area contributed by atoms with Crippen molar-refractivity contribution in [1.82, 2.24) is 0 Å². The average molecular weight is 324 g/mol. The van der Waals surface area contributed by atoms with Gasteiger partial charge in [-0.25, -0.2) is 4.79 Å². The van der Waals surface area contributed by atoms with Crippen molar-refractivity contribution in [3.05, 3.63) is 12.2 Å². The van der Waals surface area contributed by atoms with E-state index < -0.39 is 58.7 Å². The molecular weight excluding hydrogens is 304 g/mol. The summed E-state index contributed by atoms with van der Waals surface area (Å²) in [5, 5.41) is 22.2. The van der Waals surface area contributed by atoms with E-state index in [2.05, 4.69) is 6.58 Å². The van der Waals surface area contributed by atoms with Crippen molar-refractivity contribution in [3.63, 3.8) is 0 Å². The SMILES string of the molecule is C=C(C)[C@@H]1[C@@H](O)[C@H]2OC(=O)[C@@H]1[C@]1(O)C[C@H]3O[C@@]3(C(=O)OC)[C@]21C. The van der Waals surface area contributed by atoms with Crippen LogP contribution in [-0.4, -0.2) is 58.8 Å². The molecule has 0 unspecified atom stereocenters. The van der Waals surface area contributed by atoms with Crippen LogP contribution in [0, 0.1) is 17.3 Å². The zero-order valence-corrected chi connectivity index (χ0v) is 13.2. The molecule has 3 saturated heterocycles. The lowest BCUT2D eigenvalue weighted by molar-refractivity contribution is -0.301. The van der Waals surface area contributed by atoms with Gasteiger partial charge in [0.2, 0.25) is 5.60 Å². The summed E-state index contributed by atoms with van der Waals surface area (Å²) >= 11 is 0. The van der Waals surface area contributed by atoms with Crippen LogP contribution in [0.1, 0.15) is 20.3 Å². The molecule has 3 heterocycles. The second-order valence-corrected chi connectivity index (χ2v) is 7.36. The van der Waals surface area contributed by atoms with Gasteiger partial charge < -0.3 is 24.4 Å². The molecule has 5 aliphatic rings. The van der Waals surface area contributed by atoms with E-state index in [9.17, 15) is 19.8 Å². The van der Waals surface area contributed by atoms with Crippen molar-refractivity contribution in [2.45, 2.75) is 49.8 Å². The van der Waals surface area contributed by atoms with E-state index in [1.165, 1.54) is 7.11 Å². The number of esters is 2. The molecule has 0 aromatic carbocycles. The predicted molar refractivity (Wildman–Crippen MR) is 75.0 cm³/mol. The minimum atomic E-state index is -1.51. The summed E-state index contributed by atoms with van der Waals surface area (Å²) in [6.07, 6.45) is -2.52. The van der Waals surface area contributed by atoms with Crippen LogP contribution < -0.4 is 0 Å². The molecule has 0 radical (unpaired) electrons. The highest BCUT2D eigenvalue weighted by Crippen LogP contribution is 2.74. The second-order valence-electron chi connectivity index (χ2n) is 7.36. The maximum Gasteiger partial charge on any atom is 0.341 e. The molecule has 7 heteroatoms. The predicted octanol–water partition coefficient (Wildman–Crippen LogP) is -0.454. The minimum Gasteiger partial charge on any atom is -0.467 e. The number of carbonyl (C=O) groups excluding carboxylic acids is 2. The number of carbonyl (C=O) groups is 2. The molecule has 2 aliphatic carbocycles. The Morgan fingerprint density at radius 3 is 2.70 bits per heavy atom. The van der Waals surface area contributed by atoms with Gasteiger partial charge >= 0.3 is 11.9 Å². The van der Waals surface area contributed by atoms with E-state index in [1.54, 1.807) is 13.8 Å². The molecule has 0 aromatic heterocycles. The maximum atomic E-state index is 12.4. The summed E-state index contributed by atoms with van der Waals surface area (Å²) < 4.78 is 15.9. The summed E-state index contributed by atoms with van der Waals surface area (Å²) in [5.41, 5.74) is -3.54. The Labute approximate surface area is 133 Å². The Morgan fingerprint density at radius 2 is 2.13 bits per heavy atom. The van der Waals surface area contributed by atoms with Gasteiger partial charge in [-0.05, 0) is 13.8 Å². The molecule has 8 atom stereocenters. The highest BCUT2D eigenvalue weighted by Gasteiger charge is 2.92. The van der Waals surface area contributed by atoms with Crippen LogP contribution in [-0.2, 0) is 23.8 Å². The number of aliphatic hydroxyl groups is 2. The standard InChI is InChI=1S/C16H20O7/c1-6(2)8-9-12(18)22-11(10(8)17)14(3)15(9,20)5-7-16(14,23-7)13(19)21-4/h7-11,17,20H,1,5H2,2-4H3/t7-,8+,9-,10-,11-,14-,15-,16+/m1/s1. The number of rotatable bonds is 2. The molecule has 7 nitrogen and oxygen atoms in total. The van der Waals surface area contributed by atoms with Gasteiger partial charge in [0.05, 0.1) is 30.1 Å². The first kappa shape index (κ1) is 15.1. The lowest BCUT2D eigenvalue weighted by atomic mass is 9.49. The number of methoxy groups -OCH3 is 1. The van der Waals surface area contributed by atoms with Crippen molar-refractivity contribution in [2.75, 3.05) is 7.11 Å². The Morgan fingerprint density at radius 1 is 1.48 bits per heavy atom. The van der Waals surface area contributed by atoms with Crippen LogP contribution in [0.2, 0.25) is 0 Å². The fourth-order valence-electron chi connectivity index (χ4n) is 5.43. The average Bonchev–Trinajstić information content (AvgIpc) is 3.15. The van der Waals surface area contributed by atoms with Crippen LogP contribution in [0.3, 0.4) is 0 Å². The van der Waals surface area contributed by atoms with Gasteiger partial charge in [0, 0.05) is 12.3 Å². The van der Waals surface area contributed by atoms with Gasteiger partial charge in [0.1, 0.15) is 12.2 Å². The van der Waals surface area contributed by atoms with Gasteiger partial charge in [0.15, 0.2) is 0 Å². The van der Waals surface area contributed by atoms with Crippen LogP contribution in [0.4, 0.5) is 0 Å². The molecular formula is C16H20O7. The molecule has 2 bridgehead atoms. The number of ether oxygens (including phenoxy) is 3. The fraction of sp³-hybridized carbons (Fsp3) is 0.750. The van der Waals surface area contributed by atoms with Crippen LogP contribution in [0.5, 0.6) is 0 Å². The summed E-state index contributed by atoms with van der Waals surface area (Å²) in [5.74, 6) is -2.74. The molecule has 5 fully saturated rings. The van der Waals surface area contributed by atoms with Gasteiger partial charge in [0.25, 0.3) is 0 Å². The lowest BCUT2D eigenvalue weighted by Gasteiger charge is -2.62. The number of epoxide rings is 1. The first-order valence-corrected chi connectivity index (χ1v) is 7.69. The second kappa shape index (κ2) is 3.96. The van der Waals surface area contributed by atoms with Crippen molar-refractivity contribution < 1.29 is 34.0 Å². The number of hydrogen-bond donors (Lipinski definition) is 2. The van der Waals surface area contributed by atoms with Gasteiger partial charge in [-0.1, -0.05) is 12.2 Å². The van der Waals surface area contributed by atoms with E-state index in [0.29, 0.717) is 5.57 Å². The largest absolute Gasteiger partial charge is 0.467 e. The third kappa shape index (κ3) is 1.27. The third-order valence-electron chi connectivity index (χ3n) is 6.57. The smallest absolute Gasteiger partial charge is 0.341 e. The van der Waals surface area contributed by atoms with Crippen LogP contribution in [0.25, 0.3) is 0 Å². The molecule has 0 spiro atoms. The Bertz CT molecular complexity index is 644. The van der Waals surface area contributed by atoms with Crippen LogP contribution in [0.15, 0.2) is 12.2 Å². The Kier molecular flexibility index (Phi) is 2.60. The first-order chi connectivity index (χ1) is 10.7. The molecule has 2 N–H and O–H groups in total. The van der Waals surface area contributed by atoms with E-state index in [0.717, 1.165) is 0 Å². The first-order valence-electron chi connectivity index (χ1n) is 7.69. The van der Waals surface area contributed by atoms with Crippen molar-refractivity contribution in [2.24, 2.45) is 17.3 Å². The van der Waals surface area contributed by atoms with Crippen molar-refractivity contribution in [3.8, 4) is 0 Å². The van der Waals surface area contributed by atoms with E-state index in [1.807, 2.05) is 0 Å². The third-order valence-corrected chi connectivity index (χ3v) is 6.57. The monoisotopic (exact) mass is 324 g/mol. The quantitative estimate of drug-likeness (QED) is 0.402. The van der Waals surface area contributed by atoms with Crippen molar-refractivity contribution >= 4 is 11.9 Å². The highest BCUT2D eigenvalue weighted by molar-refractivity contribution is 5.89. The Hall–Kier alpha value is -1.44. The van der Waals surface area contributed by atoms with E-state index in [4.69, 9.17) is 14.2 Å². The topological polar surface area (TPSA) is 106 Å². The van der Waals surface area contributed by atoms with Crippen molar-refractivity contribution in [1.29, 1.82) is 0 Å². The molecule has 5 rings (SSSR count). The lowest BCUT2D eigenvalue weighted by Crippen LogP contribution is -2.77. The molecule has 0 aromatic rings. The Balaban J connectivity index is 1.91. The molecule has 3 aliphatic heterocycles. The summed E-state index contributed by atoms with van der Waals surface area (Å²) in [6, 6.07) is 0. The summed E-state index contributed by atoms with van der Waals surface area (Å²) in [6.45, 7) is 7.20.